The highest BCUT2D eigenvalue weighted by Crippen LogP contribution is 2.31. The number of aromatic nitrogens is 1. The maximum atomic E-state index is 8.94. The first-order chi connectivity index (χ1) is 7.15. The van der Waals surface area contributed by atoms with Crippen LogP contribution in [-0.4, -0.2) is 4.98 Å². The second-order valence-electron chi connectivity index (χ2n) is 3.13. The lowest BCUT2D eigenvalue weighted by Crippen LogP contribution is -1.92. The SMILES string of the molecule is Cc1nc2c(Br)cccc2c(Cl)c1C#N. The average Bonchev–Trinajstić information content (AvgIpc) is 2.20. The van der Waals surface area contributed by atoms with Crippen molar-refractivity contribution in [1.29, 1.82) is 5.26 Å². The molecule has 2 nitrogen and oxygen atoms in total. The van der Waals surface area contributed by atoms with Crippen molar-refractivity contribution >= 4 is 38.4 Å². The van der Waals surface area contributed by atoms with Gasteiger partial charge >= 0.3 is 0 Å². The van der Waals surface area contributed by atoms with E-state index >= 15 is 0 Å². The third kappa shape index (κ3) is 1.60. The van der Waals surface area contributed by atoms with Gasteiger partial charge in [-0.1, -0.05) is 23.7 Å². The molecule has 0 radical (unpaired) electrons. The zero-order valence-electron chi connectivity index (χ0n) is 7.88. The summed E-state index contributed by atoms with van der Waals surface area (Å²) in [5.74, 6) is 0. The molecule has 1 aromatic carbocycles. The second-order valence-corrected chi connectivity index (χ2v) is 4.37. The minimum atomic E-state index is 0.447. The number of hydrogen-bond donors (Lipinski definition) is 0. The Bertz CT molecular complexity index is 587. The molecule has 0 fully saturated rings. The highest BCUT2D eigenvalue weighted by Gasteiger charge is 2.11. The Hall–Kier alpha value is -1.11. The third-order valence-corrected chi connectivity index (χ3v) is 3.23. The summed E-state index contributed by atoms with van der Waals surface area (Å²) < 4.78 is 0.884. The molecular formula is C11H6BrClN2. The van der Waals surface area contributed by atoms with E-state index in [1.807, 2.05) is 18.2 Å². The molecule has 0 spiro atoms. The van der Waals surface area contributed by atoms with Gasteiger partial charge in [0.2, 0.25) is 0 Å². The number of halogens is 2. The monoisotopic (exact) mass is 280 g/mol. The Morgan fingerprint density at radius 3 is 2.87 bits per heavy atom. The molecule has 0 atom stereocenters. The summed E-state index contributed by atoms with van der Waals surface area (Å²) in [5.41, 5.74) is 1.89. The van der Waals surface area contributed by atoms with Crippen LogP contribution in [0.4, 0.5) is 0 Å². The minimum Gasteiger partial charge on any atom is -0.250 e. The van der Waals surface area contributed by atoms with Gasteiger partial charge in [-0.05, 0) is 28.9 Å². The fourth-order valence-electron chi connectivity index (χ4n) is 1.45. The van der Waals surface area contributed by atoms with Gasteiger partial charge in [-0.3, -0.25) is 4.98 Å². The van der Waals surface area contributed by atoms with Crippen LogP contribution in [0.5, 0.6) is 0 Å². The first-order valence-corrected chi connectivity index (χ1v) is 5.46. The summed E-state index contributed by atoms with van der Waals surface area (Å²) in [6.45, 7) is 1.78. The van der Waals surface area contributed by atoms with Gasteiger partial charge in [0.15, 0.2) is 0 Å². The van der Waals surface area contributed by atoms with Crippen LogP contribution in [-0.2, 0) is 0 Å². The zero-order valence-corrected chi connectivity index (χ0v) is 10.2. The van der Waals surface area contributed by atoms with Crippen LogP contribution in [0.1, 0.15) is 11.3 Å². The summed E-state index contributed by atoms with van der Waals surface area (Å²) in [6, 6.07) is 7.69. The molecule has 0 unspecified atom stereocenters. The molecule has 2 rings (SSSR count). The summed E-state index contributed by atoms with van der Waals surface area (Å²) in [5, 5.41) is 10.2. The Kier molecular flexibility index (Phi) is 2.64. The number of pyridine rings is 1. The molecule has 0 N–H and O–H groups in total. The number of nitrogens with zero attached hydrogens (tertiary/aromatic N) is 2. The van der Waals surface area contributed by atoms with Crippen molar-refractivity contribution in [3.05, 3.63) is 39.0 Å². The van der Waals surface area contributed by atoms with Crippen LogP contribution in [0.3, 0.4) is 0 Å². The highest BCUT2D eigenvalue weighted by atomic mass is 79.9. The molecule has 0 bridgehead atoms. The highest BCUT2D eigenvalue weighted by molar-refractivity contribution is 9.10. The van der Waals surface area contributed by atoms with Gasteiger partial charge in [-0.15, -0.1) is 0 Å². The van der Waals surface area contributed by atoms with E-state index in [-0.39, 0.29) is 0 Å². The third-order valence-electron chi connectivity index (χ3n) is 2.20. The number of fused-ring (bicyclic) bond motifs is 1. The average molecular weight is 282 g/mol. The van der Waals surface area contributed by atoms with Gasteiger partial charge in [0.05, 0.1) is 21.8 Å². The molecular weight excluding hydrogens is 275 g/mol. The molecule has 4 heteroatoms. The number of aryl methyl sites for hydroxylation is 1. The van der Waals surface area contributed by atoms with Gasteiger partial charge in [-0.25, -0.2) is 0 Å². The quantitative estimate of drug-likeness (QED) is 0.736. The Labute approximate surface area is 101 Å². The fraction of sp³-hybridized carbons (Fsp3) is 0.0909. The largest absolute Gasteiger partial charge is 0.250 e. The van der Waals surface area contributed by atoms with E-state index in [4.69, 9.17) is 16.9 Å². The van der Waals surface area contributed by atoms with Gasteiger partial charge < -0.3 is 0 Å². The lowest BCUT2D eigenvalue weighted by molar-refractivity contribution is 1.23. The number of hydrogen-bond acceptors (Lipinski definition) is 2. The van der Waals surface area contributed by atoms with Crippen molar-refractivity contribution in [2.45, 2.75) is 6.92 Å². The number of nitriles is 1. The Morgan fingerprint density at radius 2 is 2.20 bits per heavy atom. The molecule has 0 saturated heterocycles. The van der Waals surface area contributed by atoms with Gasteiger partial charge in [-0.2, -0.15) is 5.26 Å². The molecule has 15 heavy (non-hydrogen) atoms. The standard InChI is InChI=1S/C11H6BrClN2/c1-6-8(5-14)10(13)7-3-2-4-9(12)11(7)15-6/h2-4H,1H3. The molecule has 0 aliphatic rings. The summed E-state index contributed by atoms with van der Waals surface area (Å²) >= 11 is 9.54. The van der Waals surface area contributed by atoms with Crippen LogP contribution in [0.25, 0.3) is 10.9 Å². The summed E-state index contributed by atoms with van der Waals surface area (Å²) in [7, 11) is 0. The van der Waals surface area contributed by atoms with E-state index in [1.165, 1.54) is 0 Å². The topological polar surface area (TPSA) is 36.7 Å². The molecule has 0 aliphatic heterocycles. The maximum Gasteiger partial charge on any atom is 0.103 e. The molecule has 1 heterocycles. The first kappa shape index (κ1) is 10.4. The number of para-hydroxylation sites is 1. The van der Waals surface area contributed by atoms with E-state index in [1.54, 1.807) is 6.92 Å². The van der Waals surface area contributed by atoms with Crippen LogP contribution < -0.4 is 0 Å². The molecule has 1 aromatic heterocycles. The molecule has 74 valence electrons. The van der Waals surface area contributed by atoms with E-state index in [9.17, 15) is 0 Å². The van der Waals surface area contributed by atoms with E-state index < -0.39 is 0 Å². The number of rotatable bonds is 0. The van der Waals surface area contributed by atoms with Crippen molar-refractivity contribution in [3.8, 4) is 6.07 Å². The molecule has 0 saturated carbocycles. The van der Waals surface area contributed by atoms with Crippen LogP contribution in [0, 0.1) is 18.3 Å². The predicted molar refractivity (Wildman–Crippen MR) is 63.9 cm³/mol. The first-order valence-electron chi connectivity index (χ1n) is 4.29. The maximum absolute atomic E-state index is 8.94. The van der Waals surface area contributed by atoms with Gasteiger partial charge in [0.1, 0.15) is 6.07 Å². The Morgan fingerprint density at radius 1 is 1.47 bits per heavy atom. The van der Waals surface area contributed by atoms with Crippen molar-refractivity contribution in [2.24, 2.45) is 0 Å². The molecule has 0 aliphatic carbocycles. The van der Waals surface area contributed by atoms with E-state index in [0.29, 0.717) is 16.3 Å². The number of benzene rings is 1. The molecule has 0 amide bonds. The normalized spacial score (nSPS) is 10.3. The van der Waals surface area contributed by atoms with Crippen LogP contribution >= 0.6 is 27.5 Å². The van der Waals surface area contributed by atoms with Gasteiger partial charge in [0.25, 0.3) is 0 Å². The summed E-state index contributed by atoms with van der Waals surface area (Å²) in [6.07, 6.45) is 0. The van der Waals surface area contributed by atoms with Crippen molar-refractivity contribution in [2.75, 3.05) is 0 Å². The van der Waals surface area contributed by atoms with E-state index in [2.05, 4.69) is 27.0 Å². The van der Waals surface area contributed by atoms with Crippen LogP contribution in [0.15, 0.2) is 22.7 Å². The zero-order chi connectivity index (χ0) is 11.0. The lowest BCUT2D eigenvalue weighted by atomic mass is 10.1. The van der Waals surface area contributed by atoms with Crippen molar-refractivity contribution in [3.63, 3.8) is 0 Å². The smallest absolute Gasteiger partial charge is 0.103 e. The van der Waals surface area contributed by atoms with Crippen molar-refractivity contribution in [1.82, 2.24) is 4.98 Å². The predicted octanol–water partition coefficient (Wildman–Crippen LogP) is 3.83. The molecule has 2 aromatic rings. The lowest BCUT2D eigenvalue weighted by Gasteiger charge is -2.06. The second kappa shape index (κ2) is 3.80. The minimum absolute atomic E-state index is 0.447. The van der Waals surface area contributed by atoms with Crippen molar-refractivity contribution < 1.29 is 0 Å². The van der Waals surface area contributed by atoms with E-state index in [0.717, 1.165) is 15.4 Å². The fourth-order valence-corrected chi connectivity index (χ4v) is 2.24. The van der Waals surface area contributed by atoms with Gasteiger partial charge in [0, 0.05) is 9.86 Å². The van der Waals surface area contributed by atoms with Crippen LogP contribution in [0.2, 0.25) is 5.02 Å². The Balaban J connectivity index is 2.99. The summed E-state index contributed by atoms with van der Waals surface area (Å²) in [4.78, 5) is 4.35.